The third-order valence-corrected chi connectivity index (χ3v) is 4.22. The standard InChI is InChI=1S/C8H12Cl2O/c9-8(10)6-3-1-5(2-4-6)7(8)11/h5-7,11H,1-4H2. The maximum atomic E-state index is 9.66. The molecule has 0 saturated heterocycles. The molecule has 0 aliphatic heterocycles. The topological polar surface area (TPSA) is 20.2 Å². The highest BCUT2D eigenvalue weighted by atomic mass is 35.5. The van der Waals surface area contributed by atoms with E-state index in [1.54, 1.807) is 0 Å². The van der Waals surface area contributed by atoms with Gasteiger partial charge in [0.05, 0.1) is 6.10 Å². The molecular formula is C8H12Cl2O. The van der Waals surface area contributed by atoms with Crippen LogP contribution in [-0.4, -0.2) is 15.5 Å². The summed E-state index contributed by atoms with van der Waals surface area (Å²) in [7, 11) is 0. The molecule has 3 heteroatoms. The largest absolute Gasteiger partial charge is 0.390 e. The van der Waals surface area contributed by atoms with Crippen molar-refractivity contribution < 1.29 is 5.11 Å². The van der Waals surface area contributed by atoms with Crippen molar-refractivity contribution in [2.24, 2.45) is 11.8 Å². The van der Waals surface area contributed by atoms with E-state index in [0.29, 0.717) is 11.8 Å². The Morgan fingerprint density at radius 3 is 1.91 bits per heavy atom. The first kappa shape index (κ1) is 8.15. The van der Waals surface area contributed by atoms with Crippen LogP contribution in [0, 0.1) is 11.8 Å². The normalized spacial score (nSPS) is 47.7. The highest BCUT2D eigenvalue weighted by Gasteiger charge is 2.52. The Hall–Kier alpha value is 0.540. The number of hydrogen-bond acceptors (Lipinski definition) is 1. The van der Waals surface area contributed by atoms with E-state index in [1.807, 2.05) is 0 Å². The Labute approximate surface area is 76.7 Å². The van der Waals surface area contributed by atoms with Crippen molar-refractivity contribution in [1.29, 1.82) is 0 Å². The average molecular weight is 195 g/mol. The summed E-state index contributed by atoms with van der Waals surface area (Å²) in [4.78, 5) is 0. The number of hydrogen-bond donors (Lipinski definition) is 1. The lowest BCUT2D eigenvalue weighted by atomic mass is 9.68. The summed E-state index contributed by atoms with van der Waals surface area (Å²) in [6.45, 7) is 0. The molecule has 0 aromatic rings. The average Bonchev–Trinajstić information content (AvgIpc) is 2.01. The molecule has 3 aliphatic carbocycles. The van der Waals surface area contributed by atoms with Crippen LogP contribution in [0.15, 0.2) is 0 Å². The zero-order valence-electron chi connectivity index (χ0n) is 6.26. The Morgan fingerprint density at radius 1 is 1.09 bits per heavy atom. The maximum Gasteiger partial charge on any atom is 0.147 e. The van der Waals surface area contributed by atoms with Gasteiger partial charge in [-0.25, -0.2) is 0 Å². The van der Waals surface area contributed by atoms with Crippen LogP contribution in [-0.2, 0) is 0 Å². The van der Waals surface area contributed by atoms with E-state index < -0.39 is 10.4 Å². The fourth-order valence-corrected chi connectivity index (χ4v) is 3.17. The Bertz CT molecular complexity index is 157. The lowest BCUT2D eigenvalue weighted by molar-refractivity contribution is -0.00787. The van der Waals surface area contributed by atoms with E-state index in [-0.39, 0.29) is 0 Å². The number of halogens is 2. The van der Waals surface area contributed by atoms with E-state index in [1.165, 1.54) is 0 Å². The predicted molar refractivity (Wildman–Crippen MR) is 45.9 cm³/mol. The molecule has 64 valence electrons. The van der Waals surface area contributed by atoms with Crippen LogP contribution in [0.2, 0.25) is 0 Å². The number of fused-ring (bicyclic) bond motifs is 3. The summed E-state index contributed by atoms with van der Waals surface area (Å²) in [6, 6.07) is 0. The predicted octanol–water partition coefficient (Wildman–Crippen LogP) is 2.34. The van der Waals surface area contributed by atoms with Crippen LogP contribution in [0.25, 0.3) is 0 Å². The molecule has 0 aromatic heterocycles. The molecule has 1 nitrogen and oxygen atoms in total. The van der Waals surface area contributed by atoms with Crippen molar-refractivity contribution in [2.45, 2.75) is 36.1 Å². The van der Waals surface area contributed by atoms with Crippen LogP contribution in [0.3, 0.4) is 0 Å². The molecule has 3 aliphatic rings. The van der Waals surface area contributed by atoms with Crippen molar-refractivity contribution in [3.05, 3.63) is 0 Å². The summed E-state index contributed by atoms with van der Waals surface area (Å²) in [5, 5.41) is 9.66. The van der Waals surface area contributed by atoms with E-state index in [0.717, 1.165) is 25.7 Å². The minimum absolute atomic E-state index is 0.325. The molecule has 0 heterocycles. The summed E-state index contributed by atoms with van der Waals surface area (Å²) < 4.78 is -0.846. The van der Waals surface area contributed by atoms with Crippen LogP contribution in [0.4, 0.5) is 0 Å². The van der Waals surface area contributed by atoms with Crippen LogP contribution >= 0.6 is 23.2 Å². The molecule has 1 N–H and O–H groups in total. The number of aliphatic hydroxyl groups is 1. The molecule has 0 radical (unpaired) electrons. The van der Waals surface area contributed by atoms with Crippen LogP contribution < -0.4 is 0 Å². The van der Waals surface area contributed by atoms with Gasteiger partial charge in [-0.05, 0) is 37.5 Å². The van der Waals surface area contributed by atoms with Gasteiger partial charge in [0.25, 0.3) is 0 Å². The highest BCUT2D eigenvalue weighted by molar-refractivity contribution is 6.49. The van der Waals surface area contributed by atoms with Gasteiger partial charge in [0.2, 0.25) is 0 Å². The second kappa shape index (κ2) is 2.51. The molecule has 3 rings (SSSR count). The van der Waals surface area contributed by atoms with Gasteiger partial charge in [-0.1, -0.05) is 23.2 Å². The quantitative estimate of drug-likeness (QED) is 0.588. The maximum absolute atomic E-state index is 9.66. The molecular weight excluding hydrogens is 183 g/mol. The fourth-order valence-electron chi connectivity index (χ4n) is 2.38. The third kappa shape index (κ3) is 1.09. The second-order valence-electron chi connectivity index (χ2n) is 3.73. The van der Waals surface area contributed by atoms with Crippen LogP contribution in [0.1, 0.15) is 25.7 Å². The molecule has 0 spiro atoms. The number of rotatable bonds is 0. The summed E-state index contributed by atoms with van der Waals surface area (Å²) in [6.07, 6.45) is 3.90. The summed E-state index contributed by atoms with van der Waals surface area (Å²) >= 11 is 12.1. The van der Waals surface area contributed by atoms with Crippen LogP contribution in [0.5, 0.6) is 0 Å². The van der Waals surface area contributed by atoms with Gasteiger partial charge in [0.1, 0.15) is 4.33 Å². The second-order valence-corrected chi connectivity index (χ2v) is 5.18. The molecule has 2 bridgehead atoms. The van der Waals surface area contributed by atoms with Gasteiger partial charge >= 0.3 is 0 Å². The molecule has 3 saturated carbocycles. The Morgan fingerprint density at radius 2 is 1.64 bits per heavy atom. The van der Waals surface area contributed by atoms with Gasteiger partial charge in [0.15, 0.2) is 0 Å². The molecule has 0 aromatic carbocycles. The van der Waals surface area contributed by atoms with Crippen molar-refractivity contribution in [3.8, 4) is 0 Å². The molecule has 0 amide bonds. The Kier molecular flexibility index (Phi) is 1.86. The lowest BCUT2D eigenvalue weighted by Gasteiger charge is -2.48. The first-order valence-electron chi connectivity index (χ1n) is 4.18. The molecule has 1 unspecified atom stereocenters. The number of aliphatic hydroxyl groups excluding tert-OH is 1. The van der Waals surface area contributed by atoms with Gasteiger partial charge in [-0.15, -0.1) is 0 Å². The first-order chi connectivity index (χ1) is 5.12. The van der Waals surface area contributed by atoms with E-state index in [4.69, 9.17) is 23.2 Å². The molecule has 3 fully saturated rings. The lowest BCUT2D eigenvalue weighted by Crippen LogP contribution is -2.51. The molecule has 11 heavy (non-hydrogen) atoms. The summed E-state index contributed by atoms with van der Waals surface area (Å²) in [5.41, 5.74) is 0. The van der Waals surface area contributed by atoms with Crippen molar-refractivity contribution in [3.63, 3.8) is 0 Å². The van der Waals surface area contributed by atoms with Gasteiger partial charge < -0.3 is 5.11 Å². The zero-order chi connectivity index (χ0) is 8.06. The minimum Gasteiger partial charge on any atom is -0.390 e. The zero-order valence-corrected chi connectivity index (χ0v) is 7.78. The molecule has 1 atom stereocenters. The van der Waals surface area contributed by atoms with E-state index in [9.17, 15) is 5.11 Å². The number of alkyl halides is 2. The van der Waals surface area contributed by atoms with Crippen molar-refractivity contribution in [2.75, 3.05) is 0 Å². The highest BCUT2D eigenvalue weighted by Crippen LogP contribution is 2.52. The fraction of sp³-hybridized carbons (Fsp3) is 1.00. The van der Waals surface area contributed by atoms with E-state index in [2.05, 4.69) is 0 Å². The van der Waals surface area contributed by atoms with Crippen molar-refractivity contribution >= 4 is 23.2 Å². The SMILES string of the molecule is OC1C2CCC(CC2)C1(Cl)Cl. The van der Waals surface area contributed by atoms with E-state index >= 15 is 0 Å². The minimum atomic E-state index is -0.846. The third-order valence-electron chi connectivity index (χ3n) is 3.16. The van der Waals surface area contributed by atoms with Gasteiger partial charge in [-0.2, -0.15) is 0 Å². The summed E-state index contributed by atoms with van der Waals surface area (Å²) in [5.74, 6) is 0.681. The first-order valence-corrected chi connectivity index (χ1v) is 4.94. The van der Waals surface area contributed by atoms with Gasteiger partial charge in [0, 0.05) is 0 Å². The van der Waals surface area contributed by atoms with Crippen molar-refractivity contribution in [1.82, 2.24) is 0 Å². The van der Waals surface area contributed by atoms with Gasteiger partial charge in [-0.3, -0.25) is 0 Å². The Balaban J connectivity index is 2.23. The smallest absolute Gasteiger partial charge is 0.147 e. The monoisotopic (exact) mass is 194 g/mol.